The number of amides is 2. The van der Waals surface area contributed by atoms with Crippen molar-refractivity contribution in [2.24, 2.45) is 0 Å². The van der Waals surface area contributed by atoms with Crippen LogP contribution >= 0.6 is 0 Å². The zero-order valence-corrected chi connectivity index (χ0v) is 23.8. The van der Waals surface area contributed by atoms with Crippen molar-refractivity contribution in [3.8, 4) is 0 Å². The zero-order valence-electron chi connectivity index (χ0n) is 23.8. The minimum Gasteiger partial charge on any atom is -0.453 e. The lowest BCUT2D eigenvalue weighted by molar-refractivity contribution is -0.162. The number of nitrogens with one attached hydrogen (secondary N) is 2. The second-order valence-corrected chi connectivity index (χ2v) is 10.4. The summed E-state index contributed by atoms with van der Waals surface area (Å²) in [5.41, 5.74) is 8.00. The number of esters is 1. The van der Waals surface area contributed by atoms with Gasteiger partial charge in [-0.2, -0.15) is 0 Å². The first-order valence-electron chi connectivity index (χ1n) is 14.0. The maximum atomic E-state index is 13.8. The summed E-state index contributed by atoms with van der Waals surface area (Å²) in [6, 6.07) is 15.9. The standard InChI is InChI=1S/C30H33N7O7/c1-17(39)35-20(12-18-8-4-2-5-9-18)28(41)36-21(13-19-10-6-3-7-11-19)30(42)44-25-24(40)22(14-38)43-29(25)37-16-34-23-26(31)32-15-33-27(23)37/h2-11,15-16,20-22,24-25,29,38,40H,12-14H2,1H3,(H,35,39)(H,36,41)(H2,31,32,33)/t20-,21-,22+,24+,25+,29+/m0/s1. The number of hydrogen-bond donors (Lipinski definition) is 5. The van der Waals surface area contributed by atoms with Gasteiger partial charge < -0.3 is 36.1 Å². The number of nitrogen functional groups attached to an aromatic ring is 1. The van der Waals surface area contributed by atoms with Crippen molar-refractivity contribution >= 4 is 34.8 Å². The third-order valence-corrected chi connectivity index (χ3v) is 7.27. The Bertz CT molecular complexity index is 1600. The summed E-state index contributed by atoms with van der Waals surface area (Å²) in [6.45, 7) is 0.746. The van der Waals surface area contributed by atoms with Gasteiger partial charge in [0, 0.05) is 19.8 Å². The molecule has 1 fully saturated rings. The number of imidazole rings is 1. The molecule has 1 aliphatic heterocycles. The Morgan fingerprint density at radius 3 is 2.23 bits per heavy atom. The lowest BCUT2D eigenvalue weighted by Crippen LogP contribution is -2.54. The van der Waals surface area contributed by atoms with Gasteiger partial charge in [-0.25, -0.2) is 19.7 Å². The van der Waals surface area contributed by atoms with Gasteiger partial charge in [-0.1, -0.05) is 60.7 Å². The molecule has 3 heterocycles. The number of rotatable bonds is 11. The molecule has 2 amide bonds. The second-order valence-electron chi connectivity index (χ2n) is 10.4. The van der Waals surface area contributed by atoms with Gasteiger partial charge in [-0.05, 0) is 11.1 Å². The zero-order chi connectivity index (χ0) is 31.2. The van der Waals surface area contributed by atoms with E-state index in [9.17, 15) is 24.6 Å². The maximum Gasteiger partial charge on any atom is 0.329 e. The molecule has 230 valence electrons. The van der Waals surface area contributed by atoms with Gasteiger partial charge >= 0.3 is 5.97 Å². The normalized spacial score (nSPS) is 21.0. The highest BCUT2D eigenvalue weighted by molar-refractivity contribution is 5.90. The fourth-order valence-corrected chi connectivity index (χ4v) is 5.11. The topological polar surface area (TPSA) is 204 Å². The van der Waals surface area contributed by atoms with Crippen LogP contribution in [0.5, 0.6) is 0 Å². The molecule has 2 aromatic heterocycles. The van der Waals surface area contributed by atoms with Crippen LogP contribution in [-0.4, -0.2) is 84.5 Å². The highest BCUT2D eigenvalue weighted by atomic mass is 16.6. The summed E-state index contributed by atoms with van der Waals surface area (Å²) >= 11 is 0. The molecule has 1 saturated heterocycles. The molecule has 0 bridgehead atoms. The molecule has 0 aliphatic carbocycles. The van der Waals surface area contributed by atoms with Crippen LogP contribution in [0, 0.1) is 0 Å². The molecule has 5 rings (SSSR count). The number of nitrogens with two attached hydrogens (primary N) is 1. The number of aromatic nitrogens is 4. The van der Waals surface area contributed by atoms with Gasteiger partial charge in [0.25, 0.3) is 0 Å². The van der Waals surface area contributed by atoms with Crippen LogP contribution in [0.4, 0.5) is 5.82 Å². The van der Waals surface area contributed by atoms with Crippen LogP contribution in [0.25, 0.3) is 11.2 Å². The van der Waals surface area contributed by atoms with Crippen LogP contribution in [-0.2, 0) is 36.7 Å². The SMILES string of the molecule is CC(=O)N[C@@H](Cc1ccccc1)C(=O)N[C@@H](Cc1ccccc1)C(=O)O[C@@H]1[C@H](O)[C@@H](CO)O[C@H]1n1cnc2c(N)ncnc21. The predicted molar refractivity (Wildman–Crippen MR) is 156 cm³/mol. The Morgan fingerprint density at radius 1 is 0.977 bits per heavy atom. The lowest BCUT2D eigenvalue weighted by Gasteiger charge is -2.26. The molecule has 4 aromatic rings. The van der Waals surface area contributed by atoms with Crippen molar-refractivity contribution in [3.05, 3.63) is 84.4 Å². The molecule has 0 radical (unpaired) electrons. The lowest BCUT2D eigenvalue weighted by atomic mass is 10.0. The molecule has 1 aliphatic rings. The summed E-state index contributed by atoms with van der Waals surface area (Å²) in [6.07, 6.45) is -2.14. The van der Waals surface area contributed by atoms with Crippen LogP contribution in [0.2, 0.25) is 0 Å². The Kier molecular flexibility index (Phi) is 9.43. The first kappa shape index (κ1) is 30.5. The van der Waals surface area contributed by atoms with Gasteiger partial charge in [-0.15, -0.1) is 0 Å². The van der Waals surface area contributed by atoms with Crippen LogP contribution in [0.15, 0.2) is 73.3 Å². The van der Waals surface area contributed by atoms with E-state index in [0.717, 1.165) is 11.1 Å². The first-order valence-corrected chi connectivity index (χ1v) is 14.0. The van der Waals surface area contributed by atoms with Crippen molar-refractivity contribution in [1.82, 2.24) is 30.2 Å². The Morgan fingerprint density at radius 2 is 1.61 bits per heavy atom. The van der Waals surface area contributed by atoms with E-state index in [4.69, 9.17) is 15.2 Å². The summed E-state index contributed by atoms with van der Waals surface area (Å²) in [5, 5.41) is 26.2. The van der Waals surface area contributed by atoms with Crippen molar-refractivity contribution < 1.29 is 34.1 Å². The average molecular weight is 604 g/mol. The van der Waals surface area contributed by atoms with E-state index < -0.39 is 61.0 Å². The fraction of sp³-hybridized carbons (Fsp3) is 0.333. The molecular weight excluding hydrogens is 570 g/mol. The molecule has 6 atom stereocenters. The first-order chi connectivity index (χ1) is 21.2. The Hall–Kier alpha value is -4.92. The number of carbonyl (C=O) groups is 3. The minimum atomic E-state index is -1.43. The van der Waals surface area contributed by atoms with Crippen molar-refractivity contribution in [2.75, 3.05) is 12.3 Å². The number of anilines is 1. The quantitative estimate of drug-likeness (QED) is 0.145. The van der Waals surface area contributed by atoms with Gasteiger partial charge in [0.15, 0.2) is 23.8 Å². The number of aliphatic hydroxyl groups excluding tert-OH is 2. The van der Waals surface area contributed by atoms with Crippen LogP contribution in [0.3, 0.4) is 0 Å². The summed E-state index contributed by atoms with van der Waals surface area (Å²) in [7, 11) is 0. The maximum absolute atomic E-state index is 13.8. The van der Waals surface area contributed by atoms with E-state index in [1.54, 1.807) is 24.3 Å². The van der Waals surface area contributed by atoms with E-state index in [2.05, 4.69) is 25.6 Å². The number of hydrogen-bond acceptors (Lipinski definition) is 11. The average Bonchev–Trinajstić information content (AvgIpc) is 3.58. The number of ether oxygens (including phenoxy) is 2. The summed E-state index contributed by atoms with van der Waals surface area (Å²) < 4.78 is 13.1. The van der Waals surface area contributed by atoms with Gasteiger partial charge in [0.05, 0.1) is 12.9 Å². The van der Waals surface area contributed by atoms with E-state index in [1.807, 2.05) is 36.4 Å². The van der Waals surface area contributed by atoms with Gasteiger partial charge in [0.1, 0.15) is 36.1 Å². The Labute approximate surface area is 252 Å². The molecular formula is C30H33N7O7. The Balaban J connectivity index is 1.41. The second kappa shape index (κ2) is 13.6. The third kappa shape index (κ3) is 6.83. The van der Waals surface area contributed by atoms with Crippen LogP contribution < -0.4 is 16.4 Å². The minimum absolute atomic E-state index is 0.0546. The number of aliphatic hydroxyl groups is 2. The fourth-order valence-electron chi connectivity index (χ4n) is 5.11. The van der Waals surface area contributed by atoms with E-state index in [1.165, 1.54) is 24.1 Å². The molecule has 6 N–H and O–H groups in total. The monoisotopic (exact) mass is 603 g/mol. The predicted octanol–water partition coefficient (Wildman–Crippen LogP) is 0.0458. The molecule has 2 aromatic carbocycles. The van der Waals surface area contributed by atoms with Crippen molar-refractivity contribution in [3.63, 3.8) is 0 Å². The molecule has 14 heteroatoms. The van der Waals surface area contributed by atoms with Crippen molar-refractivity contribution in [1.29, 1.82) is 0 Å². The smallest absolute Gasteiger partial charge is 0.329 e. The summed E-state index contributed by atoms with van der Waals surface area (Å²) in [4.78, 5) is 51.6. The number of nitrogens with zero attached hydrogens (tertiary/aromatic N) is 4. The number of fused-ring (bicyclic) bond motifs is 1. The molecule has 44 heavy (non-hydrogen) atoms. The van der Waals surface area contributed by atoms with Gasteiger partial charge in [-0.3, -0.25) is 14.2 Å². The molecule has 0 spiro atoms. The molecule has 0 unspecified atom stereocenters. The molecule has 14 nitrogen and oxygen atoms in total. The van der Waals surface area contributed by atoms with E-state index >= 15 is 0 Å². The van der Waals surface area contributed by atoms with E-state index in [-0.39, 0.29) is 29.8 Å². The highest BCUT2D eigenvalue weighted by Gasteiger charge is 2.48. The van der Waals surface area contributed by atoms with Crippen LogP contribution in [0.1, 0.15) is 24.3 Å². The molecule has 0 saturated carbocycles. The largest absolute Gasteiger partial charge is 0.453 e. The van der Waals surface area contributed by atoms with E-state index in [0.29, 0.717) is 0 Å². The van der Waals surface area contributed by atoms with Gasteiger partial charge in [0.2, 0.25) is 11.8 Å². The highest BCUT2D eigenvalue weighted by Crippen LogP contribution is 2.34. The number of benzene rings is 2. The summed E-state index contributed by atoms with van der Waals surface area (Å²) in [5.74, 6) is -1.75. The number of carbonyl (C=O) groups excluding carboxylic acids is 3. The van der Waals surface area contributed by atoms with Crippen molar-refractivity contribution in [2.45, 2.75) is 56.4 Å². The third-order valence-electron chi connectivity index (χ3n) is 7.27.